The van der Waals surface area contributed by atoms with Gasteiger partial charge in [-0.15, -0.1) is 5.10 Å². The van der Waals surface area contributed by atoms with E-state index in [1.165, 1.54) is 17.7 Å². The molecule has 0 atom stereocenters. The van der Waals surface area contributed by atoms with E-state index in [1.807, 2.05) is 0 Å². The summed E-state index contributed by atoms with van der Waals surface area (Å²) in [5, 5.41) is 8.60. The lowest BCUT2D eigenvalue weighted by Gasteiger charge is -2.04. The minimum absolute atomic E-state index is 0.00719. The lowest BCUT2D eigenvalue weighted by Crippen LogP contribution is -2.12. The number of amides is 1. The largest absolute Gasteiger partial charge is 0.343 e. The Labute approximate surface area is 115 Å². The first kappa shape index (κ1) is 12.6. The van der Waals surface area contributed by atoms with E-state index < -0.39 is 23.2 Å². The number of nitrogens with zero attached hydrogens (tertiary/aromatic N) is 2. The third-order valence-electron chi connectivity index (χ3n) is 2.81. The van der Waals surface area contributed by atoms with Crippen molar-refractivity contribution < 1.29 is 14.0 Å². The summed E-state index contributed by atoms with van der Waals surface area (Å²) in [5.74, 6) is -2.20. The fourth-order valence-corrected chi connectivity index (χ4v) is 2.59. The molecule has 1 aliphatic heterocycles. The number of nitrogens with one attached hydrogen (secondary N) is 2. The van der Waals surface area contributed by atoms with E-state index in [0.717, 1.165) is 17.8 Å². The zero-order valence-electron chi connectivity index (χ0n) is 10.1. The molecule has 2 N–H and O–H groups in total. The number of carbonyl (C=O) groups is 2. The van der Waals surface area contributed by atoms with Crippen molar-refractivity contribution in [3.63, 3.8) is 0 Å². The van der Waals surface area contributed by atoms with Gasteiger partial charge in [0, 0.05) is 7.05 Å². The fourth-order valence-electron chi connectivity index (χ4n) is 1.75. The second kappa shape index (κ2) is 4.30. The minimum atomic E-state index is -0.784. The summed E-state index contributed by atoms with van der Waals surface area (Å²) in [6.07, 6.45) is 0. The van der Waals surface area contributed by atoms with Gasteiger partial charge in [0.25, 0.3) is 11.7 Å². The zero-order chi connectivity index (χ0) is 14.4. The molecule has 1 aliphatic rings. The molecule has 0 radical (unpaired) electrons. The molecule has 0 bridgehead atoms. The van der Waals surface area contributed by atoms with Crippen LogP contribution in [-0.2, 0) is 11.8 Å². The van der Waals surface area contributed by atoms with Crippen molar-refractivity contribution in [3.05, 3.63) is 34.0 Å². The maximum atomic E-state index is 13.9. The number of ketones is 1. The van der Waals surface area contributed by atoms with Gasteiger partial charge < -0.3 is 5.32 Å². The van der Waals surface area contributed by atoms with Crippen molar-refractivity contribution in [2.45, 2.75) is 10.1 Å². The molecule has 1 aromatic heterocycles. The number of hydrogen-bond donors (Lipinski definition) is 2. The van der Waals surface area contributed by atoms with Gasteiger partial charge in [-0.1, -0.05) is 0 Å². The topological polar surface area (TPSA) is 96.8 Å². The highest BCUT2D eigenvalue weighted by Crippen LogP contribution is 2.34. The van der Waals surface area contributed by atoms with E-state index in [4.69, 9.17) is 0 Å². The third kappa shape index (κ3) is 1.83. The molecule has 0 saturated carbocycles. The molecular weight excluding hydrogens is 287 g/mol. The van der Waals surface area contributed by atoms with E-state index in [1.54, 1.807) is 0 Å². The maximum absolute atomic E-state index is 13.9. The van der Waals surface area contributed by atoms with Crippen LogP contribution in [0.5, 0.6) is 0 Å². The number of halogens is 1. The Morgan fingerprint density at radius 3 is 2.70 bits per heavy atom. The smallest absolute Gasteiger partial charge is 0.318 e. The van der Waals surface area contributed by atoms with E-state index in [9.17, 15) is 18.8 Å². The van der Waals surface area contributed by atoms with Gasteiger partial charge in [-0.05, 0) is 23.9 Å². The van der Waals surface area contributed by atoms with Gasteiger partial charge >= 0.3 is 5.69 Å². The Hall–Kier alpha value is -2.42. The fraction of sp³-hybridized carbons (Fsp3) is 0.0909. The zero-order valence-corrected chi connectivity index (χ0v) is 10.9. The van der Waals surface area contributed by atoms with E-state index >= 15 is 0 Å². The first-order valence-corrected chi connectivity index (χ1v) is 6.27. The van der Waals surface area contributed by atoms with Crippen molar-refractivity contribution in [1.82, 2.24) is 14.8 Å². The number of carbonyl (C=O) groups excluding carboxylic acids is 2. The summed E-state index contributed by atoms with van der Waals surface area (Å²) in [6.45, 7) is 0. The van der Waals surface area contributed by atoms with Crippen LogP contribution in [0, 0.1) is 5.82 Å². The van der Waals surface area contributed by atoms with Crippen molar-refractivity contribution in [2.24, 2.45) is 7.05 Å². The van der Waals surface area contributed by atoms with Crippen molar-refractivity contribution in [2.75, 3.05) is 5.32 Å². The summed E-state index contributed by atoms with van der Waals surface area (Å²) in [7, 11) is 1.49. The molecule has 0 unspecified atom stereocenters. The Kier molecular flexibility index (Phi) is 2.71. The van der Waals surface area contributed by atoms with Crippen LogP contribution in [0.4, 0.5) is 10.1 Å². The molecular formula is C11H7FN4O3S. The average Bonchev–Trinajstić information content (AvgIpc) is 2.86. The number of hydrogen-bond acceptors (Lipinski definition) is 5. The Morgan fingerprint density at radius 2 is 2.05 bits per heavy atom. The lowest BCUT2D eigenvalue weighted by molar-refractivity contribution is -0.112. The first-order valence-electron chi connectivity index (χ1n) is 5.46. The number of anilines is 1. The average molecular weight is 294 g/mol. The van der Waals surface area contributed by atoms with Crippen molar-refractivity contribution in [3.8, 4) is 0 Å². The highest BCUT2D eigenvalue weighted by Gasteiger charge is 2.29. The van der Waals surface area contributed by atoms with Crippen LogP contribution >= 0.6 is 11.8 Å². The number of aromatic amines is 1. The summed E-state index contributed by atoms with van der Waals surface area (Å²) in [6, 6.07) is 2.35. The van der Waals surface area contributed by atoms with Gasteiger partial charge in [0.2, 0.25) is 0 Å². The SMILES string of the molecule is Cn1c(Sc2cc3c(cc2F)C(=O)C(=O)N3)n[nH]c1=O. The summed E-state index contributed by atoms with van der Waals surface area (Å²) in [5.41, 5.74) is -0.158. The standard InChI is InChI=1S/C11H7FN4O3S/c1-16-10(19)14-15-11(16)20-7-3-6-4(2-5(7)12)8(17)9(18)13-6/h2-3H,1H3,(H,14,19)(H,13,17,18). The monoisotopic (exact) mass is 294 g/mol. The third-order valence-corrected chi connectivity index (χ3v) is 3.89. The van der Waals surface area contributed by atoms with Crippen LogP contribution in [0.3, 0.4) is 0 Å². The van der Waals surface area contributed by atoms with Gasteiger partial charge in [-0.3, -0.25) is 14.2 Å². The van der Waals surface area contributed by atoms with Crippen LogP contribution in [0.1, 0.15) is 10.4 Å². The Morgan fingerprint density at radius 1 is 1.30 bits per heavy atom. The van der Waals surface area contributed by atoms with Crippen LogP contribution < -0.4 is 11.0 Å². The highest BCUT2D eigenvalue weighted by atomic mass is 32.2. The molecule has 9 heteroatoms. The molecule has 7 nitrogen and oxygen atoms in total. The van der Waals surface area contributed by atoms with Gasteiger partial charge in [-0.2, -0.15) is 0 Å². The number of H-pyrrole nitrogens is 1. The molecule has 2 aromatic rings. The van der Waals surface area contributed by atoms with Gasteiger partial charge in [0.15, 0.2) is 5.16 Å². The summed E-state index contributed by atoms with van der Waals surface area (Å²) < 4.78 is 15.2. The van der Waals surface area contributed by atoms with E-state index in [-0.39, 0.29) is 21.3 Å². The predicted molar refractivity (Wildman–Crippen MR) is 67.3 cm³/mol. The maximum Gasteiger partial charge on any atom is 0.343 e. The van der Waals surface area contributed by atoms with Crippen LogP contribution in [0.15, 0.2) is 27.0 Å². The van der Waals surface area contributed by atoms with Crippen molar-refractivity contribution >= 4 is 29.1 Å². The molecule has 3 rings (SSSR count). The number of fused-ring (bicyclic) bond motifs is 1. The second-order valence-corrected chi connectivity index (χ2v) is 5.09. The molecule has 0 aliphatic carbocycles. The van der Waals surface area contributed by atoms with Gasteiger partial charge in [0.1, 0.15) is 5.82 Å². The molecule has 0 saturated heterocycles. The normalized spacial score (nSPS) is 13.5. The molecule has 102 valence electrons. The molecule has 1 aromatic carbocycles. The van der Waals surface area contributed by atoms with E-state index in [2.05, 4.69) is 15.5 Å². The minimum Gasteiger partial charge on any atom is -0.318 e. The predicted octanol–water partition coefficient (Wildman–Crippen LogP) is 0.534. The summed E-state index contributed by atoms with van der Waals surface area (Å²) in [4.78, 5) is 34.0. The van der Waals surface area contributed by atoms with E-state index in [0.29, 0.717) is 0 Å². The number of rotatable bonds is 2. The Balaban J connectivity index is 2.02. The van der Waals surface area contributed by atoms with Crippen LogP contribution in [0.2, 0.25) is 0 Å². The number of aromatic nitrogens is 3. The Bertz CT molecular complexity index is 810. The molecule has 2 heterocycles. The summed E-state index contributed by atoms with van der Waals surface area (Å²) >= 11 is 0.913. The first-order chi connectivity index (χ1) is 9.47. The molecule has 1 amide bonds. The molecule has 20 heavy (non-hydrogen) atoms. The number of benzene rings is 1. The quantitative estimate of drug-likeness (QED) is 0.788. The van der Waals surface area contributed by atoms with Gasteiger partial charge in [-0.25, -0.2) is 14.3 Å². The molecule has 0 spiro atoms. The molecule has 0 fully saturated rings. The highest BCUT2D eigenvalue weighted by molar-refractivity contribution is 7.99. The lowest BCUT2D eigenvalue weighted by atomic mass is 10.1. The second-order valence-electron chi connectivity index (χ2n) is 4.08. The number of Topliss-reactive ketones (excluding diaryl/α,β-unsaturated/α-hetero) is 1. The van der Waals surface area contributed by atoms with Crippen molar-refractivity contribution in [1.29, 1.82) is 0 Å². The van der Waals surface area contributed by atoms with Crippen LogP contribution in [0.25, 0.3) is 0 Å². The van der Waals surface area contributed by atoms with Crippen LogP contribution in [-0.4, -0.2) is 26.5 Å². The van der Waals surface area contributed by atoms with Gasteiger partial charge in [0.05, 0.1) is 16.1 Å².